The van der Waals surface area contributed by atoms with Crippen molar-refractivity contribution in [3.63, 3.8) is 0 Å². The standard InChI is InChI=1S/C20H30O2/c1-12(2)13-9-14-15(21)11-17-19(3,4)7-6-8-20(17,5)18(14)16(22)10-13/h9-10,12,15,17,21-22H,6-8,11H2,1-5H3/t15-,17+,20+/m1/s1. The molecule has 2 N–H and O–H groups in total. The fourth-order valence-corrected chi connectivity index (χ4v) is 5.24. The third-order valence-electron chi connectivity index (χ3n) is 6.46. The SMILES string of the molecule is CC(C)c1cc(O)c2c(c1)[C@H](O)C[C@H]1C(C)(C)CCC[C@]21C. The van der Waals surface area contributed by atoms with Gasteiger partial charge in [0.05, 0.1) is 6.10 Å². The molecule has 0 spiro atoms. The van der Waals surface area contributed by atoms with E-state index in [1.54, 1.807) is 0 Å². The van der Waals surface area contributed by atoms with Gasteiger partial charge in [0.2, 0.25) is 0 Å². The number of rotatable bonds is 1. The van der Waals surface area contributed by atoms with Gasteiger partial charge >= 0.3 is 0 Å². The van der Waals surface area contributed by atoms with E-state index in [1.807, 2.05) is 6.07 Å². The van der Waals surface area contributed by atoms with Crippen LogP contribution in [0.1, 0.15) is 89.0 Å². The zero-order valence-corrected chi connectivity index (χ0v) is 14.6. The summed E-state index contributed by atoms with van der Waals surface area (Å²) in [6.07, 6.45) is 3.88. The molecule has 1 fully saturated rings. The van der Waals surface area contributed by atoms with Crippen molar-refractivity contribution in [1.29, 1.82) is 0 Å². The molecule has 0 bridgehead atoms. The highest BCUT2D eigenvalue weighted by atomic mass is 16.3. The maximum Gasteiger partial charge on any atom is 0.119 e. The normalized spacial score (nSPS) is 33.4. The lowest BCUT2D eigenvalue weighted by Gasteiger charge is -2.55. The molecule has 0 aliphatic heterocycles. The molecule has 2 aliphatic rings. The van der Waals surface area contributed by atoms with E-state index in [0.29, 0.717) is 17.6 Å². The van der Waals surface area contributed by atoms with E-state index < -0.39 is 6.10 Å². The summed E-state index contributed by atoms with van der Waals surface area (Å²) >= 11 is 0. The molecule has 122 valence electrons. The molecule has 2 heteroatoms. The number of fused-ring (bicyclic) bond motifs is 3. The van der Waals surface area contributed by atoms with E-state index in [2.05, 4.69) is 40.7 Å². The number of aliphatic hydroxyl groups is 1. The van der Waals surface area contributed by atoms with Gasteiger partial charge in [0, 0.05) is 5.56 Å². The van der Waals surface area contributed by atoms with E-state index >= 15 is 0 Å². The Hall–Kier alpha value is -1.02. The van der Waals surface area contributed by atoms with Crippen LogP contribution < -0.4 is 0 Å². The van der Waals surface area contributed by atoms with Crippen molar-refractivity contribution in [2.45, 2.75) is 77.7 Å². The molecule has 3 atom stereocenters. The van der Waals surface area contributed by atoms with Gasteiger partial charge in [-0.05, 0) is 59.1 Å². The number of hydrogen-bond acceptors (Lipinski definition) is 2. The van der Waals surface area contributed by atoms with Gasteiger partial charge in [0.15, 0.2) is 0 Å². The lowest BCUT2D eigenvalue weighted by atomic mass is 9.49. The van der Waals surface area contributed by atoms with Crippen LogP contribution in [0.3, 0.4) is 0 Å². The van der Waals surface area contributed by atoms with Crippen LogP contribution in [-0.2, 0) is 5.41 Å². The molecular weight excluding hydrogens is 272 g/mol. The Balaban J connectivity index is 2.20. The van der Waals surface area contributed by atoms with E-state index in [1.165, 1.54) is 12.8 Å². The first-order chi connectivity index (χ1) is 10.2. The lowest BCUT2D eigenvalue weighted by molar-refractivity contribution is -0.00796. The second-order valence-electron chi connectivity index (χ2n) is 8.72. The minimum absolute atomic E-state index is 0.0180. The minimum Gasteiger partial charge on any atom is -0.508 e. The summed E-state index contributed by atoms with van der Waals surface area (Å²) in [6, 6.07) is 4.05. The highest BCUT2D eigenvalue weighted by molar-refractivity contribution is 5.51. The quantitative estimate of drug-likeness (QED) is 0.763. The monoisotopic (exact) mass is 302 g/mol. The molecule has 1 aromatic carbocycles. The smallest absolute Gasteiger partial charge is 0.119 e. The van der Waals surface area contributed by atoms with Gasteiger partial charge < -0.3 is 10.2 Å². The molecule has 1 saturated carbocycles. The third-order valence-corrected chi connectivity index (χ3v) is 6.46. The van der Waals surface area contributed by atoms with E-state index in [4.69, 9.17) is 0 Å². The Morgan fingerprint density at radius 2 is 1.82 bits per heavy atom. The maximum atomic E-state index is 10.8. The maximum absolute atomic E-state index is 10.8. The van der Waals surface area contributed by atoms with Crippen molar-refractivity contribution >= 4 is 0 Å². The fraction of sp³-hybridized carbons (Fsp3) is 0.700. The average Bonchev–Trinajstić information content (AvgIpc) is 2.40. The summed E-state index contributed by atoms with van der Waals surface area (Å²) in [6.45, 7) is 11.2. The van der Waals surface area contributed by atoms with Crippen LogP contribution in [0.25, 0.3) is 0 Å². The molecule has 0 radical (unpaired) electrons. The largest absolute Gasteiger partial charge is 0.508 e. The molecule has 0 aromatic heterocycles. The van der Waals surface area contributed by atoms with Crippen LogP contribution in [0.15, 0.2) is 12.1 Å². The summed E-state index contributed by atoms with van der Waals surface area (Å²) in [5.41, 5.74) is 3.31. The van der Waals surface area contributed by atoms with Crippen molar-refractivity contribution in [2.75, 3.05) is 0 Å². The second-order valence-corrected chi connectivity index (χ2v) is 8.72. The fourth-order valence-electron chi connectivity index (χ4n) is 5.24. The Bertz CT molecular complexity index is 588. The van der Waals surface area contributed by atoms with E-state index in [0.717, 1.165) is 29.5 Å². The molecule has 3 rings (SSSR count). The molecule has 22 heavy (non-hydrogen) atoms. The molecule has 0 amide bonds. The minimum atomic E-state index is -0.449. The van der Waals surface area contributed by atoms with Crippen molar-refractivity contribution in [3.05, 3.63) is 28.8 Å². The summed E-state index contributed by atoms with van der Waals surface area (Å²) in [4.78, 5) is 0. The summed E-state index contributed by atoms with van der Waals surface area (Å²) in [5.74, 6) is 1.17. The van der Waals surface area contributed by atoms with Crippen molar-refractivity contribution in [2.24, 2.45) is 11.3 Å². The van der Waals surface area contributed by atoms with Crippen molar-refractivity contribution in [1.82, 2.24) is 0 Å². The van der Waals surface area contributed by atoms with Crippen molar-refractivity contribution in [3.8, 4) is 5.75 Å². The number of hydrogen-bond donors (Lipinski definition) is 2. The molecule has 0 heterocycles. The van der Waals surface area contributed by atoms with Crippen LogP contribution in [0.2, 0.25) is 0 Å². The van der Waals surface area contributed by atoms with Crippen LogP contribution in [0, 0.1) is 11.3 Å². The van der Waals surface area contributed by atoms with E-state index in [-0.39, 0.29) is 10.8 Å². The highest BCUT2D eigenvalue weighted by Gasteiger charge is 2.52. The number of phenols is 1. The van der Waals surface area contributed by atoms with Gasteiger partial charge in [-0.2, -0.15) is 0 Å². The van der Waals surface area contributed by atoms with Crippen LogP contribution in [0.4, 0.5) is 0 Å². The molecule has 0 unspecified atom stereocenters. The Morgan fingerprint density at radius 3 is 2.45 bits per heavy atom. The first-order valence-corrected chi connectivity index (χ1v) is 8.72. The first-order valence-electron chi connectivity index (χ1n) is 8.72. The summed E-state index contributed by atoms with van der Waals surface area (Å²) < 4.78 is 0. The molecular formula is C20H30O2. The average molecular weight is 302 g/mol. The predicted octanol–water partition coefficient (Wildman–Crippen LogP) is 5.04. The summed E-state index contributed by atoms with van der Waals surface area (Å²) in [7, 11) is 0. The third kappa shape index (κ3) is 2.19. The molecule has 0 saturated heterocycles. The van der Waals surface area contributed by atoms with Gasteiger partial charge in [-0.1, -0.05) is 47.1 Å². The van der Waals surface area contributed by atoms with Gasteiger partial charge in [-0.3, -0.25) is 0 Å². The number of aliphatic hydroxyl groups excluding tert-OH is 1. The van der Waals surface area contributed by atoms with Gasteiger partial charge in [0.1, 0.15) is 5.75 Å². The van der Waals surface area contributed by atoms with Crippen LogP contribution >= 0.6 is 0 Å². The van der Waals surface area contributed by atoms with Gasteiger partial charge in [-0.15, -0.1) is 0 Å². The van der Waals surface area contributed by atoms with Crippen LogP contribution in [-0.4, -0.2) is 10.2 Å². The zero-order valence-electron chi connectivity index (χ0n) is 14.6. The highest BCUT2D eigenvalue weighted by Crippen LogP contribution is 2.60. The number of aromatic hydroxyl groups is 1. The zero-order chi connectivity index (χ0) is 16.3. The first kappa shape index (κ1) is 15.9. The lowest BCUT2D eigenvalue weighted by Crippen LogP contribution is -2.48. The summed E-state index contributed by atoms with van der Waals surface area (Å²) in [5, 5.41) is 21.5. The topological polar surface area (TPSA) is 40.5 Å². The number of phenolic OH excluding ortho intramolecular Hbond substituents is 1. The molecule has 2 aliphatic carbocycles. The van der Waals surface area contributed by atoms with Gasteiger partial charge in [-0.25, -0.2) is 0 Å². The Labute approximate surface area is 134 Å². The number of benzene rings is 1. The predicted molar refractivity (Wildman–Crippen MR) is 90.2 cm³/mol. The molecule has 2 nitrogen and oxygen atoms in total. The molecule has 1 aromatic rings. The Morgan fingerprint density at radius 1 is 1.14 bits per heavy atom. The van der Waals surface area contributed by atoms with Crippen LogP contribution in [0.5, 0.6) is 5.75 Å². The van der Waals surface area contributed by atoms with E-state index in [9.17, 15) is 10.2 Å². The Kier molecular flexibility index (Phi) is 3.60. The van der Waals surface area contributed by atoms with Crippen molar-refractivity contribution < 1.29 is 10.2 Å². The van der Waals surface area contributed by atoms with Gasteiger partial charge in [0.25, 0.3) is 0 Å². The second kappa shape index (κ2) is 4.99.